The Kier molecular flexibility index (Phi) is 7.77. The molecule has 0 bridgehead atoms. The van der Waals surface area contributed by atoms with Gasteiger partial charge in [-0.1, -0.05) is 0 Å². The summed E-state index contributed by atoms with van der Waals surface area (Å²) in [4.78, 5) is 43.6. The zero-order chi connectivity index (χ0) is 21.5. The van der Waals surface area contributed by atoms with Gasteiger partial charge in [-0.2, -0.15) is 0 Å². The molecular formula is C19H31N7O4. The van der Waals surface area contributed by atoms with Crippen molar-refractivity contribution >= 4 is 18.0 Å². The lowest BCUT2D eigenvalue weighted by Crippen LogP contribution is -2.56. The predicted octanol–water partition coefficient (Wildman–Crippen LogP) is -1.43. The highest BCUT2D eigenvalue weighted by Gasteiger charge is 2.43. The number of piperazine rings is 2. The van der Waals surface area contributed by atoms with Crippen LogP contribution in [0.3, 0.4) is 0 Å². The van der Waals surface area contributed by atoms with Gasteiger partial charge in [-0.25, -0.2) is 14.6 Å². The Morgan fingerprint density at radius 2 is 2.03 bits per heavy atom. The molecule has 4 rings (SSSR count). The SMILES string of the molecule is CN1CCN2C(=O)OC(=O)C2C1.CN1CCNC(C(=O)NCCCn2ccnc2)C1. The molecule has 2 unspecified atom stereocenters. The molecule has 0 aliphatic carbocycles. The molecule has 3 aliphatic heterocycles. The van der Waals surface area contributed by atoms with E-state index >= 15 is 0 Å². The molecule has 0 saturated carbocycles. The minimum absolute atomic E-state index is 0.0722. The number of hydrogen-bond acceptors (Lipinski definition) is 8. The lowest BCUT2D eigenvalue weighted by molar-refractivity contribution is -0.136. The fourth-order valence-corrected chi connectivity index (χ4v) is 3.64. The molecular weight excluding hydrogens is 390 g/mol. The number of aryl methyl sites for hydroxylation is 1. The van der Waals surface area contributed by atoms with Crippen LogP contribution in [0.25, 0.3) is 0 Å². The number of nitrogens with one attached hydrogen (secondary N) is 2. The number of carbonyl (C=O) groups is 3. The van der Waals surface area contributed by atoms with Gasteiger partial charge in [0.05, 0.1) is 12.4 Å². The molecule has 0 aromatic carbocycles. The number of cyclic esters (lactones) is 2. The van der Waals surface area contributed by atoms with Crippen molar-refractivity contribution in [2.75, 3.05) is 59.9 Å². The first-order chi connectivity index (χ1) is 14.4. The number of carbonyl (C=O) groups excluding carboxylic acids is 3. The second-order valence-corrected chi connectivity index (χ2v) is 7.87. The molecule has 2 N–H and O–H groups in total. The van der Waals surface area contributed by atoms with Crippen LogP contribution in [0.4, 0.5) is 4.79 Å². The number of aromatic nitrogens is 2. The summed E-state index contributed by atoms with van der Waals surface area (Å²) in [6, 6.07) is -0.437. The van der Waals surface area contributed by atoms with Gasteiger partial charge < -0.3 is 29.7 Å². The number of amides is 2. The predicted molar refractivity (Wildman–Crippen MR) is 109 cm³/mol. The number of nitrogens with zero attached hydrogens (tertiary/aromatic N) is 5. The molecule has 2 atom stereocenters. The Hall–Kier alpha value is -2.50. The van der Waals surface area contributed by atoms with E-state index in [4.69, 9.17) is 0 Å². The Labute approximate surface area is 176 Å². The van der Waals surface area contributed by atoms with Crippen molar-refractivity contribution in [1.82, 2.24) is 34.9 Å². The number of fused-ring (bicyclic) bond motifs is 1. The molecule has 3 fully saturated rings. The Balaban J connectivity index is 0.000000184. The standard InChI is InChI=1S/C12H21N5O.C7H10N2O3/c1-16-7-5-14-11(9-16)12(18)15-3-2-6-17-8-4-13-10-17;1-8-2-3-9-5(4-8)6(10)12-7(9)11/h4,8,10-11,14H,2-3,5-7,9H2,1H3,(H,15,18);5H,2-4H2,1H3. The van der Waals surface area contributed by atoms with Crippen molar-refractivity contribution in [3.8, 4) is 0 Å². The van der Waals surface area contributed by atoms with E-state index in [-0.39, 0.29) is 18.0 Å². The second kappa shape index (κ2) is 10.5. The van der Waals surface area contributed by atoms with E-state index in [1.165, 1.54) is 4.90 Å². The van der Waals surface area contributed by atoms with E-state index in [0.29, 0.717) is 19.6 Å². The zero-order valence-corrected chi connectivity index (χ0v) is 17.6. The number of esters is 1. The number of likely N-dealkylation sites (N-methyl/N-ethyl adjacent to an activating group) is 2. The van der Waals surface area contributed by atoms with Crippen LogP contribution in [-0.4, -0.2) is 114 Å². The highest BCUT2D eigenvalue weighted by molar-refractivity contribution is 5.95. The van der Waals surface area contributed by atoms with Gasteiger partial charge in [0.2, 0.25) is 5.91 Å². The Morgan fingerprint density at radius 3 is 2.77 bits per heavy atom. The number of rotatable bonds is 5. The van der Waals surface area contributed by atoms with Gasteiger partial charge in [0, 0.05) is 64.8 Å². The van der Waals surface area contributed by atoms with E-state index in [0.717, 1.165) is 39.1 Å². The van der Waals surface area contributed by atoms with Crippen LogP contribution in [0.2, 0.25) is 0 Å². The summed E-state index contributed by atoms with van der Waals surface area (Å²) in [6.07, 6.45) is 5.92. The third-order valence-electron chi connectivity index (χ3n) is 5.42. The summed E-state index contributed by atoms with van der Waals surface area (Å²) in [6.45, 7) is 6.24. The summed E-state index contributed by atoms with van der Waals surface area (Å²) < 4.78 is 6.49. The molecule has 1 aromatic heterocycles. The molecule has 0 radical (unpaired) electrons. The Morgan fingerprint density at radius 1 is 1.23 bits per heavy atom. The zero-order valence-electron chi connectivity index (χ0n) is 17.6. The maximum atomic E-state index is 11.9. The maximum absolute atomic E-state index is 11.9. The van der Waals surface area contributed by atoms with Gasteiger partial charge in [-0.15, -0.1) is 0 Å². The first-order valence-corrected chi connectivity index (χ1v) is 10.3. The van der Waals surface area contributed by atoms with Crippen LogP contribution in [0.5, 0.6) is 0 Å². The lowest BCUT2D eigenvalue weighted by atomic mass is 10.2. The monoisotopic (exact) mass is 421 g/mol. The van der Waals surface area contributed by atoms with Crippen molar-refractivity contribution in [3.05, 3.63) is 18.7 Å². The average molecular weight is 422 g/mol. The van der Waals surface area contributed by atoms with Crippen molar-refractivity contribution in [2.24, 2.45) is 0 Å². The topological polar surface area (TPSA) is 112 Å². The number of ether oxygens (including phenoxy) is 1. The molecule has 4 heterocycles. The molecule has 11 nitrogen and oxygen atoms in total. The normalized spacial score (nSPS) is 24.7. The molecule has 0 spiro atoms. The van der Waals surface area contributed by atoms with Gasteiger partial charge in [0.15, 0.2) is 0 Å². The maximum Gasteiger partial charge on any atom is 0.418 e. The largest absolute Gasteiger partial charge is 0.418 e. The van der Waals surface area contributed by atoms with E-state index in [1.54, 1.807) is 12.5 Å². The molecule has 166 valence electrons. The van der Waals surface area contributed by atoms with Crippen molar-refractivity contribution in [1.29, 1.82) is 0 Å². The van der Waals surface area contributed by atoms with E-state index in [9.17, 15) is 14.4 Å². The second-order valence-electron chi connectivity index (χ2n) is 7.87. The fraction of sp³-hybridized carbons (Fsp3) is 0.684. The summed E-state index contributed by atoms with van der Waals surface area (Å²) in [5.74, 6) is -0.307. The average Bonchev–Trinajstić information content (AvgIpc) is 3.34. The fourth-order valence-electron chi connectivity index (χ4n) is 3.64. The molecule has 11 heteroatoms. The minimum atomic E-state index is -0.488. The summed E-state index contributed by atoms with van der Waals surface area (Å²) in [5, 5.41) is 6.21. The van der Waals surface area contributed by atoms with Crippen molar-refractivity contribution in [2.45, 2.75) is 25.0 Å². The van der Waals surface area contributed by atoms with Gasteiger partial charge in [-0.3, -0.25) is 9.69 Å². The number of hydrogen-bond donors (Lipinski definition) is 2. The first-order valence-electron chi connectivity index (χ1n) is 10.3. The summed E-state index contributed by atoms with van der Waals surface area (Å²) in [7, 11) is 3.97. The molecule has 3 saturated heterocycles. The third kappa shape index (κ3) is 6.00. The van der Waals surface area contributed by atoms with Crippen molar-refractivity contribution in [3.63, 3.8) is 0 Å². The minimum Gasteiger partial charge on any atom is -0.375 e. The first kappa shape index (κ1) is 22.2. The number of imidazole rings is 1. The lowest BCUT2D eigenvalue weighted by Gasteiger charge is -2.31. The van der Waals surface area contributed by atoms with E-state index < -0.39 is 12.1 Å². The van der Waals surface area contributed by atoms with E-state index in [2.05, 4.69) is 25.3 Å². The summed E-state index contributed by atoms with van der Waals surface area (Å²) in [5.41, 5.74) is 0. The van der Waals surface area contributed by atoms with Crippen LogP contribution in [0, 0.1) is 0 Å². The van der Waals surface area contributed by atoms with Gasteiger partial charge in [-0.05, 0) is 20.5 Å². The molecule has 30 heavy (non-hydrogen) atoms. The van der Waals surface area contributed by atoms with Crippen LogP contribution >= 0.6 is 0 Å². The highest BCUT2D eigenvalue weighted by Crippen LogP contribution is 2.17. The molecule has 3 aliphatic rings. The third-order valence-corrected chi connectivity index (χ3v) is 5.42. The van der Waals surface area contributed by atoms with Gasteiger partial charge in [0.25, 0.3) is 0 Å². The molecule has 1 aromatic rings. The highest BCUT2D eigenvalue weighted by atomic mass is 16.6. The van der Waals surface area contributed by atoms with Crippen LogP contribution in [-0.2, 0) is 20.9 Å². The van der Waals surface area contributed by atoms with Gasteiger partial charge in [0.1, 0.15) is 6.04 Å². The molecule has 2 amide bonds. The van der Waals surface area contributed by atoms with Crippen LogP contribution < -0.4 is 10.6 Å². The van der Waals surface area contributed by atoms with Crippen LogP contribution in [0.1, 0.15) is 6.42 Å². The summed E-state index contributed by atoms with van der Waals surface area (Å²) >= 11 is 0. The van der Waals surface area contributed by atoms with Crippen LogP contribution in [0.15, 0.2) is 18.7 Å². The van der Waals surface area contributed by atoms with Gasteiger partial charge >= 0.3 is 12.1 Å². The quantitative estimate of drug-likeness (QED) is 0.338. The van der Waals surface area contributed by atoms with E-state index in [1.807, 2.05) is 29.8 Å². The Bertz CT molecular complexity index is 726. The smallest absolute Gasteiger partial charge is 0.375 e. The van der Waals surface area contributed by atoms with Crippen molar-refractivity contribution < 1.29 is 19.1 Å².